The van der Waals surface area contributed by atoms with Gasteiger partial charge in [-0.1, -0.05) is 114 Å². The van der Waals surface area contributed by atoms with Gasteiger partial charge in [0.1, 0.15) is 5.75 Å². The van der Waals surface area contributed by atoms with E-state index < -0.39 is 6.10 Å². The number of hydrogen-bond acceptors (Lipinski definition) is 3. The van der Waals surface area contributed by atoms with Crippen LogP contribution in [0.15, 0.2) is 54.6 Å². The molecule has 3 aromatic rings. The SMILES string of the molecule is CCCCCCCCCCCCCCC(Oc1cccc2cc3ccccc3cc12)C(=O)OCC. The summed E-state index contributed by atoms with van der Waals surface area (Å²) in [5, 5.41) is 4.53. The minimum absolute atomic E-state index is 0.256. The molecule has 0 saturated heterocycles. The summed E-state index contributed by atoms with van der Waals surface area (Å²) in [5.74, 6) is 0.499. The topological polar surface area (TPSA) is 35.5 Å². The molecule has 3 nitrogen and oxygen atoms in total. The van der Waals surface area contributed by atoms with Crippen LogP contribution < -0.4 is 4.74 Å². The van der Waals surface area contributed by atoms with E-state index in [1.54, 1.807) is 0 Å². The Bertz CT molecular complexity index is 1030. The van der Waals surface area contributed by atoms with E-state index in [2.05, 4.69) is 43.3 Å². The fraction of sp³-hybridized carbons (Fsp3) is 0.531. The number of ether oxygens (including phenoxy) is 2. The van der Waals surface area contributed by atoms with Crippen molar-refractivity contribution in [3.8, 4) is 5.75 Å². The van der Waals surface area contributed by atoms with Gasteiger partial charge >= 0.3 is 5.97 Å². The molecule has 0 heterocycles. The van der Waals surface area contributed by atoms with Gasteiger partial charge in [0.15, 0.2) is 6.10 Å². The van der Waals surface area contributed by atoms with Gasteiger partial charge in [0.2, 0.25) is 0 Å². The predicted molar refractivity (Wildman–Crippen MR) is 148 cm³/mol. The molecule has 1 atom stereocenters. The standard InChI is InChI=1S/C32H44O3/c1-3-5-6-7-8-9-10-11-12-13-14-15-22-31(32(33)34-4-2)35-30-23-18-21-28-24-26-19-16-17-20-27(26)25-29(28)30/h16-21,23-25,31H,3-15,22H2,1-2H3. The van der Waals surface area contributed by atoms with Crippen molar-refractivity contribution in [2.75, 3.05) is 6.61 Å². The van der Waals surface area contributed by atoms with Crippen LogP contribution in [0, 0.1) is 0 Å². The van der Waals surface area contributed by atoms with Gasteiger partial charge in [-0.25, -0.2) is 4.79 Å². The lowest BCUT2D eigenvalue weighted by atomic mass is 10.0. The van der Waals surface area contributed by atoms with Gasteiger partial charge in [-0.05, 0) is 54.1 Å². The van der Waals surface area contributed by atoms with Gasteiger partial charge in [0, 0.05) is 5.39 Å². The molecular formula is C32H44O3. The highest BCUT2D eigenvalue weighted by Gasteiger charge is 2.22. The first-order valence-corrected chi connectivity index (χ1v) is 14.0. The van der Waals surface area contributed by atoms with E-state index >= 15 is 0 Å². The monoisotopic (exact) mass is 476 g/mol. The summed E-state index contributed by atoms with van der Waals surface area (Å²) in [5.41, 5.74) is 0. The maximum atomic E-state index is 12.7. The second kappa shape index (κ2) is 15.4. The molecule has 35 heavy (non-hydrogen) atoms. The average Bonchev–Trinajstić information content (AvgIpc) is 2.87. The first-order valence-electron chi connectivity index (χ1n) is 14.0. The number of unbranched alkanes of at least 4 members (excludes halogenated alkanes) is 11. The lowest BCUT2D eigenvalue weighted by Crippen LogP contribution is -2.29. The van der Waals surface area contributed by atoms with Crippen molar-refractivity contribution >= 4 is 27.5 Å². The summed E-state index contributed by atoms with van der Waals surface area (Å²) in [4.78, 5) is 12.7. The van der Waals surface area contributed by atoms with E-state index in [1.165, 1.54) is 75.0 Å². The van der Waals surface area contributed by atoms with Gasteiger partial charge in [0.05, 0.1) is 6.61 Å². The molecule has 0 aromatic heterocycles. The fourth-order valence-electron chi connectivity index (χ4n) is 4.82. The Morgan fingerprint density at radius 3 is 1.89 bits per heavy atom. The molecule has 0 fully saturated rings. The summed E-state index contributed by atoms with van der Waals surface area (Å²) in [7, 11) is 0. The number of hydrogen-bond donors (Lipinski definition) is 0. The van der Waals surface area contributed by atoms with Gasteiger partial charge < -0.3 is 9.47 Å². The molecule has 0 N–H and O–H groups in total. The zero-order valence-corrected chi connectivity index (χ0v) is 21.9. The zero-order valence-electron chi connectivity index (χ0n) is 21.9. The van der Waals surface area contributed by atoms with Crippen LogP contribution in [0.2, 0.25) is 0 Å². The summed E-state index contributed by atoms with van der Waals surface area (Å²) >= 11 is 0. The third kappa shape index (κ3) is 8.87. The Kier molecular flexibility index (Phi) is 11.9. The highest BCUT2D eigenvalue weighted by Crippen LogP contribution is 2.31. The molecule has 0 saturated carbocycles. The molecule has 190 valence electrons. The normalized spacial score (nSPS) is 12.2. The van der Waals surface area contributed by atoms with Gasteiger partial charge in [-0.3, -0.25) is 0 Å². The van der Waals surface area contributed by atoms with Gasteiger partial charge in [0.25, 0.3) is 0 Å². The lowest BCUT2D eigenvalue weighted by Gasteiger charge is -2.19. The first-order chi connectivity index (χ1) is 17.2. The van der Waals surface area contributed by atoms with Gasteiger partial charge in [-0.2, -0.15) is 0 Å². The minimum Gasteiger partial charge on any atom is -0.478 e. The van der Waals surface area contributed by atoms with E-state index in [4.69, 9.17) is 9.47 Å². The first kappa shape index (κ1) is 27.0. The van der Waals surface area contributed by atoms with Crippen LogP contribution in [0.1, 0.15) is 97.3 Å². The minimum atomic E-state index is -0.560. The molecule has 0 aliphatic rings. The molecule has 0 aliphatic heterocycles. The van der Waals surface area contributed by atoms with Crippen LogP contribution >= 0.6 is 0 Å². The highest BCUT2D eigenvalue weighted by molar-refractivity contribution is 6.01. The molecule has 0 amide bonds. The van der Waals surface area contributed by atoms with Crippen molar-refractivity contribution in [2.24, 2.45) is 0 Å². The second-order valence-electron chi connectivity index (χ2n) is 9.71. The molecule has 1 unspecified atom stereocenters. The number of benzene rings is 3. The summed E-state index contributed by atoms with van der Waals surface area (Å²) in [6.45, 7) is 4.49. The van der Waals surface area contributed by atoms with Crippen LogP contribution in [0.5, 0.6) is 5.75 Å². The van der Waals surface area contributed by atoms with Crippen molar-refractivity contribution < 1.29 is 14.3 Å². The summed E-state index contributed by atoms with van der Waals surface area (Å²) in [6, 6.07) is 18.7. The zero-order chi connectivity index (χ0) is 24.7. The van der Waals surface area contributed by atoms with E-state index in [0.717, 1.165) is 29.4 Å². The molecule has 3 heteroatoms. The Morgan fingerprint density at radius 1 is 0.686 bits per heavy atom. The second-order valence-corrected chi connectivity index (χ2v) is 9.71. The number of esters is 1. The summed E-state index contributed by atoms with van der Waals surface area (Å²) in [6.07, 6.45) is 15.7. The van der Waals surface area contributed by atoms with E-state index in [0.29, 0.717) is 13.0 Å². The molecule has 0 aliphatic carbocycles. The van der Waals surface area contributed by atoms with Crippen LogP contribution in [0.4, 0.5) is 0 Å². The Labute approximate surface area is 212 Å². The van der Waals surface area contributed by atoms with Gasteiger partial charge in [-0.15, -0.1) is 0 Å². The Hall–Kier alpha value is -2.55. The molecule has 0 bridgehead atoms. The average molecular weight is 477 g/mol. The van der Waals surface area contributed by atoms with Crippen LogP contribution in [0.3, 0.4) is 0 Å². The number of carbonyl (C=O) groups excluding carboxylic acids is 1. The maximum Gasteiger partial charge on any atom is 0.347 e. The third-order valence-corrected chi connectivity index (χ3v) is 6.85. The van der Waals surface area contributed by atoms with E-state index in [1.807, 2.05) is 25.1 Å². The number of carbonyl (C=O) groups is 1. The van der Waals surface area contributed by atoms with Crippen LogP contribution in [-0.2, 0) is 9.53 Å². The van der Waals surface area contributed by atoms with Crippen molar-refractivity contribution in [1.82, 2.24) is 0 Å². The molecule has 3 rings (SSSR count). The molecular weight excluding hydrogens is 432 g/mol. The largest absolute Gasteiger partial charge is 0.478 e. The predicted octanol–water partition coefficient (Wildman–Crippen LogP) is 9.39. The molecule has 0 radical (unpaired) electrons. The summed E-state index contributed by atoms with van der Waals surface area (Å²) < 4.78 is 11.7. The number of fused-ring (bicyclic) bond motifs is 2. The van der Waals surface area contributed by atoms with Crippen LogP contribution in [-0.4, -0.2) is 18.7 Å². The Morgan fingerprint density at radius 2 is 1.26 bits per heavy atom. The molecule has 0 spiro atoms. The number of rotatable bonds is 17. The fourth-order valence-corrected chi connectivity index (χ4v) is 4.82. The third-order valence-electron chi connectivity index (χ3n) is 6.85. The van der Waals surface area contributed by atoms with Crippen molar-refractivity contribution in [3.63, 3.8) is 0 Å². The van der Waals surface area contributed by atoms with Crippen molar-refractivity contribution in [1.29, 1.82) is 0 Å². The maximum absolute atomic E-state index is 12.7. The lowest BCUT2D eigenvalue weighted by molar-refractivity contribution is -0.151. The Balaban J connectivity index is 1.49. The van der Waals surface area contributed by atoms with Crippen LogP contribution in [0.25, 0.3) is 21.5 Å². The quantitative estimate of drug-likeness (QED) is 0.111. The molecule has 3 aromatic carbocycles. The smallest absolute Gasteiger partial charge is 0.347 e. The van der Waals surface area contributed by atoms with E-state index in [9.17, 15) is 4.79 Å². The highest BCUT2D eigenvalue weighted by atomic mass is 16.6. The van der Waals surface area contributed by atoms with Crippen molar-refractivity contribution in [2.45, 2.75) is 103 Å². The van der Waals surface area contributed by atoms with E-state index in [-0.39, 0.29) is 5.97 Å². The van der Waals surface area contributed by atoms with Crippen molar-refractivity contribution in [3.05, 3.63) is 54.6 Å².